The Morgan fingerprint density at radius 3 is 2.66 bits per heavy atom. The van der Waals surface area contributed by atoms with Crippen LogP contribution >= 0.6 is 11.6 Å². The van der Waals surface area contributed by atoms with Crippen molar-refractivity contribution < 1.29 is 18.3 Å². The first kappa shape index (κ1) is 24.1. The Bertz CT molecular complexity index is 1220. The van der Waals surface area contributed by atoms with E-state index in [0.29, 0.717) is 28.6 Å². The molecule has 0 radical (unpaired) electrons. The van der Waals surface area contributed by atoms with Gasteiger partial charge in [-0.15, -0.1) is 0 Å². The number of amides is 1. The predicted octanol–water partition coefficient (Wildman–Crippen LogP) is 4.76. The number of hydrogen-bond donors (Lipinski definition) is 1. The van der Waals surface area contributed by atoms with E-state index >= 15 is 0 Å². The van der Waals surface area contributed by atoms with E-state index in [2.05, 4.69) is 5.10 Å². The summed E-state index contributed by atoms with van der Waals surface area (Å²) >= 11 is 6.11. The molecular formula is C22H29ClN4O4S. The SMILES string of the molecule is CCCCCS(=O)(=O)N(CCCc1c(C)nn(C)c1-n1ccc2cc(Cl)ccc21)C(=O)O. The van der Waals surface area contributed by atoms with Gasteiger partial charge in [-0.05, 0) is 50.5 Å². The molecule has 0 atom stereocenters. The van der Waals surface area contributed by atoms with Gasteiger partial charge in [0.15, 0.2) is 0 Å². The summed E-state index contributed by atoms with van der Waals surface area (Å²) in [4.78, 5) is 11.6. The molecule has 0 aliphatic rings. The third-order valence-electron chi connectivity index (χ3n) is 5.54. The Balaban J connectivity index is 1.82. The number of halogens is 1. The number of benzene rings is 1. The largest absolute Gasteiger partial charge is 0.464 e. The average molecular weight is 481 g/mol. The number of nitrogens with zero attached hydrogens (tertiary/aromatic N) is 4. The molecule has 1 N–H and O–H groups in total. The first-order valence-electron chi connectivity index (χ1n) is 10.7. The van der Waals surface area contributed by atoms with Crippen LogP contribution in [0.25, 0.3) is 16.7 Å². The van der Waals surface area contributed by atoms with Gasteiger partial charge in [0.1, 0.15) is 5.82 Å². The zero-order chi connectivity index (χ0) is 23.5. The van der Waals surface area contributed by atoms with Crippen molar-refractivity contribution in [3.05, 3.63) is 46.7 Å². The van der Waals surface area contributed by atoms with Crippen molar-refractivity contribution >= 4 is 38.6 Å². The van der Waals surface area contributed by atoms with E-state index in [1.54, 1.807) is 4.68 Å². The second-order valence-corrected chi connectivity index (χ2v) is 10.3. The van der Waals surface area contributed by atoms with Crippen LogP contribution in [-0.2, 0) is 23.5 Å². The minimum absolute atomic E-state index is 0.0837. The van der Waals surface area contributed by atoms with Crippen LogP contribution in [0.4, 0.5) is 4.79 Å². The van der Waals surface area contributed by atoms with Crippen LogP contribution < -0.4 is 0 Å². The Labute approximate surface area is 193 Å². The molecule has 8 nitrogen and oxygen atoms in total. The second-order valence-electron chi connectivity index (χ2n) is 7.88. The normalized spacial score (nSPS) is 11.9. The standard InChI is InChI=1S/C22H29ClN4O4S/c1-4-5-6-14-32(30,31)27(22(28)29)12-7-8-19-16(2)24-25(3)21(19)26-13-11-17-15-18(23)9-10-20(17)26/h9-11,13,15H,4-8,12,14H2,1-3H3,(H,28,29). The topological polar surface area (TPSA) is 97.4 Å². The molecule has 0 unspecified atom stereocenters. The highest BCUT2D eigenvalue weighted by molar-refractivity contribution is 7.89. The maximum atomic E-state index is 12.5. The van der Waals surface area contributed by atoms with E-state index in [9.17, 15) is 18.3 Å². The fourth-order valence-electron chi connectivity index (χ4n) is 3.98. The number of rotatable bonds is 10. The zero-order valence-electron chi connectivity index (χ0n) is 18.6. The van der Waals surface area contributed by atoms with Crippen molar-refractivity contribution in [2.75, 3.05) is 12.3 Å². The lowest BCUT2D eigenvalue weighted by molar-refractivity contribution is 0.172. The molecule has 0 fully saturated rings. The third-order valence-corrected chi connectivity index (χ3v) is 7.59. The van der Waals surface area contributed by atoms with E-state index < -0.39 is 16.1 Å². The number of unbranched alkanes of at least 4 members (excludes halogenated alkanes) is 2. The number of hydrogen-bond acceptors (Lipinski definition) is 4. The Morgan fingerprint density at radius 1 is 1.22 bits per heavy atom. The molecule has 3 aromatic rings. The summed E-state index contributed by atoms with van der Waals surface area (Å²) in [5.41, 5.74) is 2.75. The van der Waals surface area contributed by atoms with Crippen molar-refractivity contribution in [1.29, 1.82) is 0 Å². The highest BCUT2D eigenvalue weighted by Crippen LogP contribution is 2.27. The van der Waals surface area contributed by atoms with Crippen LogP contribution in [0, 0.1) is 6.92 Å². The van der Waals surface area contributed by atoms with Crippen LogP contribution in [0.5, 0.6) is 0 Å². The van der Waals surface area contributed by atoms with E-state index in [1.165, 1.54) is 0 Å². The second kappa shape index (κ2) is 9.95. The van der Waals surface area contributed by atoms with Gasteiger partial charge in [-0.25, -0.2) is 17.5 Å². The first-order chi connectivity index (χ1) is 15.2. The molecule has 0 aliphatic heterocycles. The van der Waals surface area contributed by atoms with Gasteiger partial charge in [0.25, 0.3) is 0 Å². The highest BCUT2D eigenvalue weighted by Gasteiger charge is 2.26. The first-order valence-corrected chi connectivity index (χ1v) is 12.7. The lowest BCUT2D eigenvalue weighted by atomic mass is 10.1. The van der Waals surface area contributed by atoms with Crippen molar-refractivity contribution in [3.8, 4) is 5.82 Å². The summed E-state index contributed by atoms with van der Waals surface area (Å²) in [7, 11) is -1.99. The number of aryl methyl sites for hydroxylation is 2. The Morgan fingerprint density at radius 2 is 1.97 bits per heavy atom. The lowest BCUT2D eigenvalue weighted by Gasteiger charge is -2.19. The highest BCUT2D eigenvalue weighted by atomic mass is 35.5. The molecule has 0 spiro atoms. The maximum Gasteiger partial charge on any atom is 0.421 e. The van der Waals surface area contributed by atoms with E-state index in [-0.39, 0.29) is 12.3 Å². The van der Waals surface area contributed by atoms with Crippen molar-refractivity contribution in [2.24, 2.45) is 7.05 Å². The molecule has 174 valence electrons. The average Bonchev–Trinajstić information content (AvgIpc) is 3.23. The van der Waals surface area contributed by atoms with E-state index in [4.69, 9.17) is 11.6 Å². The van der Waals surface area contributed by atoms with Crippen molar-refractivity contribution in [1.82, 2.24) is 18.7 Å². The summed E-state index contributed by atoms with van der Waals surface area (Å²) in [5, 5.41) is 15.7. The monoisotopic (exact) mass is 480 g/mol. The number of fused-ring (bicyclic) bond motifs is 1. The van der Waals surface area contributed by atoms with Gasteiger partial charge in [-0.1, -0.05) is 31.4 Å². The lowest BCUT2D eigenvalue weighted by Crippen LogP contribution is -2.38. The van der Waals surface area contributed by atoms with E-state index in [0.717, 1.165) is 40.8 Å². The summed E-state index contributed by atoms with van der Waals surface area (Å²) in [5.74, 6) is 0.717. The van der Waals surface area contributed by atoms with Crippen LogP contribution in [0.15, 0.2) is 30.5 Å². The zero-order valence-corrected chi connectivity index (χ0v) is 20.2. The van der Waals surface area contributed by atoms with Gasteiger partial charge >= 0.3 is 6.09 Å². The molecule has 10 heteroatoms. The molecule has 0 aliphatic carbocycles. The Kier molecular flexibility index (Phi) is 7.51. The van der Waals surface area contributed by atoms with Crippen molar-refractivity contribution in [3.63, 3.8) is 0 Å². The molecule has 0 saturated heterocycles. The molecule has 3 rings (SSSR count). The molecule has 2 aromatic heterocycles. The van der Waals surface area contributed by atoms with Gasteiger partial charge in [-0.2, -0.15) is 5.10 Å². The number of sulfonamides is 1. The summed E-state index contributed by atoms with van der Waals surface area (Å²) < 4.78 is 29.4. The quantitative estimate of drug-likeness (QED) is 0.422. The Hall–Kier alpha value is -2.52. The molecule has 0 saturated carbocycles. The summed E-state index contributed by atoms with van der Waals surface area (Å²) in [6.45, 7) is 3.79. The molecule has 0 bridgehead atoms. The van der Waals surface area contributed by atoms with Gasteiger partial charge in [0.05, 0.1) is 17.0 Å². The van der Waals surface area contributed by atoms with Crippen molar-refractivity contribution in [2.45, 2.75) is 46.0 Å². The number of carbonyl (C=O) groups is 1. The molecular weight excluding hydrogens is 452 g/mol. The van der Waals surface area contributed by atoms with Gasteiger partial charge in [-0.3, -0.25) is 4.68 Å². The summed E-state index contributed by atoms with van der Waals surface area (Å²) in [6.07, 6.45) is 3.45. The van der Waals surface area contributed by atoms with Gasteiger partial charge in [0.2, 0.25) is 10.0 Å². The fraction of sp³-hybridized carbons (Fsp3) is 0.455. The minimum atomic E-state index is -3.84. The van der Waals surface area contributed by atoms with Crippen LogP contribution in [-0.4, -0.2) is 50.6 Å². The number of aromatic nitrogens is 3. The fourth-order valence-corrected chi connectivity index (χ4v) is 5.59. The molecule has 1 aromatic carbocycles. The van der Waals surface area contributed by atoms with Gasteiger partial charge in [0, 0.05) is 35.8 Å². The summed E-state index contributed by atoms with van der Waals surface area (Å²) in [6, 6.07) is 7.64. The van der Waals surface area contributed by atoms with Crippen LogP contribution in [0.1, 0.15) is 43.9 Å². The minimum Gasteiger partial charge on any atom is -0.464 e. The van der Waals surface area contributed by atoms with Crippen LogP contribution in [0.2, 0.25) is 5.02 Å². The maximum absolute atomic E-state index is 12.5. The van der Waals surface area contributed by atoms with Gasteiger partial charge < -0.3 is 9.67 Å². The van der Waals surface area contributed by atoms with Crippen LogP contribution in [0.3, 0.4) is 0 Å². The predicted molar refractivity (Wildman–Crippen MR) is 126 cm³/mol. The third kappa shape index (κ3) is 5.10. The molecule has 32 heavy (non-hydrogen) atoms. The molecule has 1 amide bonds. The number of carboxylic acid groups (broad SMARTS) is 1. The smallest absolute Gasteiger partial charge is 0.421 e. The molecule has 2 heterocycles. The van der Waals surface area contributed by atoms with E-state index in [1.807, 2.05) is 55.9 Å².